The van der Waals surface area contributed by atoms with Gasteiger partial charge in [0, 0.05) is 45.9 Å². The molecule has 200 valence electrons. The van der Waals surface area contributed by atoms with Gasteiger partial charge in [-0.3, -0.25) is 25.0 Å². The van der Waals surface area contributed by atoms with Gasteiger partial charge in [0.2, 0.25) is 5.75 Å². The van der Waals surface area contributed by atoms with Crippen LogP contribution >= 0.6 is 11.6 Å². The number of nitro benzene ring substituents is 2. The quantitative estimate of drug-likeness (QED) is 0.0567. The standard InChI is InChI=1S/C30H22ClN3O6/c31-16-3-17-32-26-5-2-1-4-24(26)25-18-20(6-13-27(25)32)7-14-29(35)21-8-11-23(12-9-21)40-30-15-10-22(33(36)37)19-28(30)34(38)39/h1-2,4-15,18-19H,3,16-17H2/b14-7+. The molecule has 0 amide bonds. The van der Waals surface area contributed by atoms with Crippen LogP contribution in [0.4, 0.5) is 11.4 Å². The van der Waals surface area contributed by atoms with E-state index in [1.54, 1.807) is 18.2 Å². The molecule has 0 unspecified atom stereocenters. The molecule has 0 radical (unpaired) electrons. The van der Waals surface area contributed by atoms with Crippen LogP contribution in [-0.4, -0.2) is 26.1 Å². The summed E-state index contributed by atoms with van der Waals surface area (Å²) in [6.07, 6.45) is 4.11. The van der Waals surface area contributed by atoms with E-state index in [0.717, 1.165) is 52.5 Å². The third-order valence-corrected chi connectivity index (χ3v) is 6.72. The fourth-order valence-corrected chi connectivity index (χ4v) is 4.68. The molecule has 4 aromatic carbocycles. The molecule has 0 aliphatic carbocycles. The van der Waals surface area contributed by atoms with Crippen LogP contribution in [0.1, 0.15) is 22.3 Å². The van der Waals surface area contributed by atoms with Crippen molar-refractivity contribution in [2.45, 2.75) is 13.0 Å². The molecule has 0 N–H and O–H groups in total. The summed E-state index contributed by atoms with van der Waals surface area (Å²) in [5.74, 6) is 0.459. The topological polar surface area (TPSA) is 118 Å². The van der Waals surface area contributed by atoms with Crippen LogP contribution in [-0.2, 0) is 6.54 Å². The van der Waals surface area contributed by atoms with Gasteiger partial charge in [-0.1, -0.05) is 30.3 Å². The number of ketones is 1. The van der Waals surface area contributed by atoms with Gasteiger partial charge in [0.25, 0.3) is 5.69 Å². The number of halogens is 1. The van der Waals surface area contributed by atoms with Gasteiger partial charge in [-0.25, -0.2) is 0 Å². The SMILES string of the molecule is O=C(/C=C/c1ccc2c(c1)c1ccccc1n2CCCCl)c1ccc(Oc2ccc([N+](=O)[O-])cc2[N+](=O)[O-])cc1. The highest BCUT2D eigenvalue weighted by Gasteiger charge is 2.21. The van der Waals surface area contributed by atoms with E-state index in [1.807, 2.05) is 18.2 Å². The maximum absolute atomic E-state index is 12.8. The van der Waals surface area contributed by atoms with Crippen molar-refractivity contribution in [3.05, 3.63) is 122 Å². The van der Waals surface area contributed by atoms with Gasteiger partial charge in [0.05, 0.1) is 15.9 Å². The highest BCUT2D eigenvalue weighted by Crippen LogP contribution is 2.34. The van der Waals surface area contributed by atoms with E-state index in [9.17, 15) is 25.0 Å². The molecule has 0 atom stereocenters. The van der Waals surface area contributed by atoms with Crippen LogP contribution in [0.5, 0.6) is 11.5 Å². The van der Waals surface area contributed by atoms with Gasteiger partial charge < -0.3 is 9.30 Å². The number of carbonyl (C=O) groups is 1. The predicted molar refractivity (Wildman–Crippen MR) is 154 cm³/mol. The highest BCUT2D eigenvalue weighted by atomic mass is 35.5. The molecule has 0 aliphatic rings. The van der Waals surface area contributed by atoms with Gasteiger partial charge in [-0.15, -0.1) is 11.6 Å². The van der Waals surface area contributed by atoms with Crippen LogP contribution in [0.3, 0.4) is 0 Å². The molecule has 5 rings (SSSR count). The number of nitro groups is 2. The van der Waals surface area contributed by atoms with Crippen molar-refractivity contribution in [3.63, 3.8) is 0 Å². The number of hydrogen-bond acceptors (Lipinski definition) is 6. The van der Waals surface area contributed by atoms with Crippen molar-refractivity contribution < 1.29 is 19.4 Å². The molecule has 0 aliphatic heterocycles. The van der Waals surface area contributed by atoms with E-state index in [1.165, 1.54) is 24.3 Å². The van der Waals surface area contributed by atoms with Crippen molar-refractivity contribution in [2.24, 2.45) is 0 Å². The Morgan fingerprint density at radius 3 is 2.35 bits per heavy atom. The second-order valence-electron chi connectivity index (χ2n) is 8.98. The zero-order valence-corrected chi connectivity index (χ0v) is 21.8. The van der Waals surface area contributed by atoms with E-state index >= 15 is 0 Å². The minimum atomic E-state index is -0.750. The largest absolute Gasteiger partial charge is 0.450 e. The smallest absolute Gasteiger partial charge is 0.318 e. The zero-order chi connectivity index (χ0) is 28.2. The van der Waals surface area contributed by atoms with Gasteiger partial charge in [0.1, 0.15) is 5.75 Å². The summed E-state index contributed by atoms with van der Waals surface area (Å²) in [6.45, 7) is 0.818. The number of allylic oxidation sites excluding steroid dienone is 1. The summed E-state index contributed by atoms with van der Waals surface area (Å²) >= 11 is 5.94. The lowest BCUT2D eigenvalue weighted by Crippen LogP contribution is -1.98. The Morgan fingerprint density at radius 2 is 1.62 bits per heavy atom. The number of non-ortho nitro benzene ring substituents is 1. The van der Waals surface area contributed by atoms with E-state index in [0.29, 0.717) is 11.4 Å². The number of ether oxygens (including phenoxy) is 1. The number of nitrogens with zero attached hydrogens (tertiary/aromatic N) is 3. The fraction of sp³-hybridized carbons (Fsp3) is 0.100. The Bertz CT molecular complexity index is 1790. The third kappa shape index (κ3) is 5.41. The van der Waals surface area contributed by atoms with Crippen molar-refractivity contribution in [1.82, 2.24) is 4.57 Å². The van der Waals surface area contributed by atoms with Gasteiger partial charge in [-0.2, -0.15) is 0 Å². The molecule has 0 spiro atoms. The molecule has 5 aromatic rings. The number of alkyl halides is 1. The van der Waals surface area contributed by atoms with E-state index in [-0.39, 0.29) is 17.3 Å². The summed E-state index contributed by atoms with van der Waals surface area (Å²) in [5.41, 5.74) is 2.59. The van der Waals surface area contributed by atoms with Crippen LogP contribution in [0, 0.1) is 20.2 Å². The lowest BCUT2D eigenvalue weighted by molar-refractivity contribution is -0.394. The second-order valence-corrected chi connectivity index (χ2v) is 9.36. The van der Waals surface area contributed by atoms with E-state index in [2.05, 4.69) is 28.8 Å². The van der Waals surface area contributed by atoms with Crippen molar-refractivity contribution in [1.29, 1.82) is 0 Å². The maximum Gasteiger partial charge on any atom is 0.318 e. The first-order chi connectivity index (χ1) is 19.4. The molecule has 0 fully saturated rings. The first kappa shape index (κ1) is 26.6. The Labute approximate surface area is 233 Å². The monoisotopic (exact) mass is 555 g/mol. The molecule has 10 heteroatoms. The molecule has 1 aromatic heterocycles. The summed E-state index contributed by atoms with van der Waals surface area (Å²) in [4.78, 5) is 33.6. The molecule has 9 nitrogen and oxygen atoms in total. The minimum absolute atomic E-state index is 0.144. The summed E-state index contributed by atoms with van der Waals surface area (Å²) in [7, 11) is 0. The summed E-state index contributed by atoms with van der Waals surface area (Å²) < 4.78 is 7.83. The molecular weight excluding hydrogens is 534 g/mol. The first-order valence-corrected chi connectivity index (χ1v) is 12.9. The summed E-state index contributed by atoms with van der Waals surface area (Å²) in [5, 5.41) is 24.5. The molecular formula is C30H22ClN3O6. The number of rotatable bonds is 10. The number of benzene rings is 4. The second kappa shape index (κ2) is 11.4. The van der Waals surface area contributed by atoms with Gasteiger partial charge >= 0.3 is 5.69 Å². The molecule has 1 heterocycles. The van der Waals surface area contributed by atoms with Gasteiger partial charge in [0.15, 0.2) is 5.78 Å². The Morgan fingerprint density at radius 1 is 0.875 bits per heavy atom. The molecule has 40 heavy (non-hydrogen) atoms. The Hall–Kier alpha value is -5.02. The van der Waals surface area contributed by atoms with Crippen LogP contribution in [0.2, 0.25) is 0 Å². The predicted octanol–water partition coefficient (Wildman–Crippen LogP) is 7.93. The average Bonchev–Trinajstić information content (AvgIpc) is 3.28. The van der Waals surface area contributed by atoms with Crippen LogP contribution in [0.25, 0.3) is 27.9 Å². The number of para-hydroxylation sites is 1. The molecule has 0 saturated heterocycles. The lowest BCUT2D eigenvalue weighted by Gasteiger charge is -2.07. The van der Waals surface area contributed by atoms with Crippen LogP contribution in [0.15, 0.2) is 91.0 Å². The third-order valence-electron chi connectivity index (χ3n) is 6.46. The van der Waals surface area contributed by atoms with Crippen LogP contribution < -0.4 is 4.74 Å². The normalized spacial score (nSPS) is 11.3. The van der Waals surface area contributed by atoms with Gasteiger partial charge in [-0.05, 0) is 66.6 Å². The first-order valence-electron chi connectivity index (χ1n) is 12.4. The minimum Gasteiger partial charge on any atom is -0.450 e. The Kier molecular flexibility index (Phi) is 7.56. The average molecular weight is 556 g/mol. The van der Waals surface area contributed by atoms with E-state index in [4.69, 9.17) is 16.3 Å². The van der Waals surface area contributed by atoms with E-state index < -0.39 is 21.2 Å². The number of hydrogen-bond donors (Lipinski definition) is 0. The lowest BCUT2D eigenvalue weighted by atomic mass is 10.1. The fourth-order valence-electron chi connectivity index (χ4n) is 4.56. The number of aryl methyl sites for hydroxylation is 1. The number of carbonyl (C=O) groups excluding carboxylic acids is 1. The number of fused-ring (bicyclic) bond motifs is 3. The molecule has 0 saturated carbocycles. The zero-order valence-electron chi connectivity index (χ0n) is 21.0. The Balaban J connectivity index is 1.34. The highest BCUT2D eigenvalue weighted by molar-refractivity contribution is 6.17. The van der Waals surface area contributed by atoms with Crippen molar-refractivity contribution in [3.8, 4) is 11.5 Å². The van der Waals surface area contributed by atoms with Crippen molar-refractivity contribution in [2.75, 3.05) is 5.88 Å². The number of aromatic nitrogens is 1. The maximum atomic E-state index is 12.8. The molecule has 0 bridgehead atoms. The van der Waals surface area contributed by atoms with Crippen molar-refractivity contribution >= 4 is 56.6 Å². The summed E-state index contributed by atoms with van der Waals surface area (Å²) in [6, 6.07) is 23.5.